The van der Waals surface area contributed by atoms with E-state index in [-0.39, 0.29) is 18.5 Å². The molecule has 0 aliphatic rings. The van der Waals surface area contributed by atoms with E-state index in [0.29, 0.717) is 19.0 Å². The highest BCUT2D eigenvalue weighted by molar-refractivity contribution is 5.77. The number of hydrogen-bond acceptors (Lipinski definition) is 8. The van der Waals surface area contributed by atoms with Crippen molar-refractivity contribution in [2.75, 3.05) is 36.9 Å². The summed E-state index contributed by atoms with van der Waals surface area (Å²) < 4.78 is 5.25. The normalized spacial score (nSPS) is 10.3. The first-order valence-corrected chi connectivity index (χ1v) is 8.59. The Labute approximate surface area is 153 Å². The third-order valence-corrected chi connectivity index (χ3v) is 3.25. The molecule has 0 aliphatic carbocycles. The molecule has 140 valence electrons. The average molecular weight is 359 g/mol. The Balaban J connectivity index is 1.69. The van der Waals surface area contributed by atoms with E-state index in [4.69, 9.17) is 4.74 Å². The van der Waals surface area contributed by atoms with Gasteiger partial charge in [0.05, 0.1) is 0 Å². The van der Waals surface area contributed by atoms with Gasteiger partial charge in [-0.25, -0.2) is 15.0 Å². The van der Waals surface area contributed by atoms with Gasteiger partial charge in [-0.2, -0.15) is 4.98 Å². The van der Waals surface area contributed by atoms with Gasteiger partial charge < -0.3 is 20.7 Å². The summed E-state index contributed by atoms with van der Waals surface area (Å²) in [6, 6.07) is 3.81. The van der Waals surface area contributed by atoms with Gasteiger partial charge in [-0.15, -0.1) is 0 Å². The number of rotatable bonds is 10. The maximum absolute atomic E-state index is 11.8. The minimum atomic E-state index is -0.235. The molecule has 0 aromatic carbocycles. The number of aryl methyl sites for hydroxylation is 2. The van der Waals surface area contributed by atoms with Gasteiger partial charge >= 0.3 is 6.01 Å². The standard InChI is InChI=1S/C17H25N7O2/c1-4-6-20-16-22-13(3)10-14(24-16)18-8-9-19-15(25)11-26-17-21-7-5-12(2)23-17/h5,7,10H,4,6,8-9,11H2,1-3H3,(H,19,25)(H2,18,20,22,24). The van der Waals surface area contributed by atoms with Gasteiger partial charge in [-0.3, -0.25) is 4.79 Å². The smallest absolute Gasteiger partial charge is 0.317 e. The summed E-state index contributed by atoms with van der Waals surface area (Å²) >= 11 is 0. The molecule has 0 bridgehead atoms. The van der Waals surface area contributed by atoms with Crippen molar-refractivity contribution in [3.05, 3.63) is 29.7 Å². The number of nitrogens with zero attached hydrogens (tertiary/aromatic N) is 4. The number of carbonyl (C=O) groups excluding carboxylic acids is 1. The van der Waals surface area contributed by atoms with Crippen LogP contribution in [0.3, 0.4) is 0 Å². The highest BCUT2D eigenvalue weighted by atomic mass is 16.5. The Morgan fingerprint density at radius 1 is 1.08 bits per heavy atom. The van der Waals surface area contributed by atoms with E-state index in [1.165, 1.54) is 0 Å². The third kappa shape index (κ3) is 6.88. The van der Waals surface area contributed by atoms with Gasteiger partial charge in [0.25, 0.3) is 5.91 Å². The lowest BCUT2D eigenvalue weighted by Crippen LogP contribution is -2.33. The van der Waals surface area contributed by atoms with Crippen molar-refractivity contribution >= 4 is 17.7 Å². The topological polar surface area (TPSA) is 114 Å². The fourth-order valence-corrected chi connectivity index (χ4v) is 2.04. The van der Waals surface area contributed by atoms with Crippen LogP contribution in [0.15, 0.2) is 18.3 Å². The second kappa shape index (κ2) is 10.1. The summed E-state index contributed by atoms with van der Waals surface area (Å²) in [7, 11) is 0. The van der Waals surface area contributed by atoms with Crippen molar-refractivity contribution in [2.24, 2.45) is 0 Å². The van der Waals surface area contributed by atoms with Crippen LogP contribution in [-0.2, 0) is 4.79 Å². The van der Waals surface area contributed by atoms with Crippen LogP contribution in [-0.4, -0.2) is 52.1 Å². The Hall–Kier alpha value is -2.97. The van der Waals surface area contributed by atoms with Gasteiger partial charge in [0, 0.05) is 43.3 Å². The van der Waals surface area contributed by atoms with Gasteiger partial charge in [0.15, 0.2) is 6.61 Å². The van der Waals surface area contributed by atoms with E-state index >= 15 is 0 Å². The lowest BCUT2D eigenvalue weighted by atomic mass is 10.4. The van der Waals surface area contributed by atoms with E-state index in [0.717, 1.165) is 30.2 Å². The Bertz CT molecular complexity index is 724. The quantitative estimate of drug-likeness (QED) is 0.544. The number of nitrogens with one attached hydrogen (secondary N) is 3. The molecule has 0 fully saturated rings. The van der Waals surface area contributed by atoms with Crippen LogP contribution in [0.4, 0.5) is 11.8 Å². The predicted molar refractivity (Wildman–Crippen MR) is 99.3 cm³/mol. The molecule has 26 heavy (non-hydrogen) atoms. The molecule has 1 amide bonds. The lowest BCUT2D eigenvalue weighted by Gasteiger charge is -2.10. The van der Waals surface area contributed by atoms with Gasteiger partial charge in [0.1, 0.15) is 5.82 Å². The van der Waals surface area contributed by atoms with Crippen LogP contribution in [0.2, 0.25) is 0 Å². The summed E-state index contributed by atoms with van der Waals surface area (Å²) in [5.41, 5.74) is 1.66. The molecular formula is C17H25N7O2. The van der Waals surface area contributed by atoms with E-state index in [1.54, 1.807) is 12.3 Å². The zero-order valence-corrected chi connectivity index (χ0v) is 15.4. The number of ether oxygens (including phenoxy) is 1. The number of anilines is 2. The maximum atomic E-state index is 11.8. The van der Waals surface area contributed by atoms with Crippen molar-refractivity contribution in [1.29, 1.82) is 0 Å². The van der Waals surface area contributed by atoms with Crippen LogP contribution in [0.1, 0.15) is 24.7 Å². The summed E-state index contributed by atoms with van der Waals surface area (Å²) in [6.07, 6.45) is 2.59. The lowest BCUT2D eigenvalue weighted by molar-refractivity contribution is -0.123. The largest absolute Gasteiger partial charge is 0.453 e. The predicted octanol–water partition coefficient (Wildman–Crippen LogP) is 1.31. The molecule has 9 nitrogen and oxygen atoms in total. The van der Waals surface area contributed by atoms with E-state index in [9.17, 15) is 4.79 Å². The summed E-state index contributed by atoms with van der Waals surface area (Å²) in [6.45, 7) is 7.51. The number of hydrogen-bond donors (Lipinski definition) is 3. The van der Waals surface area contributed by atoms with Crippen LogP contribution >= 0.6 is 0 Å². The molecule has 2 heterocycles. The molecule has 0 atom stereocenters. The first-order valence-electron chi connectivity index (χ1n) is 8.59. The molecular weight excluding hydrogens is 334 g/mol. The second-order valence-electron chi connectivity index (χ2n) is 5.69. The first kappa shape index (κ1) is 19.4. The van der Waals surface area contributed by atoms with Crippen molar-refractivity contribution in [3.8, 4) is 6.01 Å². The minimum Gasteiger partial charge on any atom is -0.453 e. The molecule has 0 spiro atoms. The number of carbonyl (C=O) groups is 1. The van der Waals surface area contributed by atoms with Gasteiger partial charge in [-0.1, -0.05) is 6.92 Å². The zero-order chi connectivity index (χ0) is 18.8. The van der Waals surface area contributed by atoms with Gasteiger partial charge in [0.2, 0.25) is 5.95 Å². The van der Waals surface area contributed by atoms with Crippen molar-refractivity contribution < 1.29 is 9.53 Å². The number of aromatic nitrogens is 4. The third-order valence-electron chi connectivity index (χ3n) is 3.25. The minimum absolute atomic E-state index is 0.124. The van der Waals surface area contributed by atoms with E-state index < -0.39 is 0 Å². The molecule has 2 rings (SSSR count). The van der Waals surface area contributed by atoms with Crippen molar-refractivity contribution in [3.63, 3.8) is 0 Å². The molecule has 2 aromatic heterocycles. The fourth-order valence-electron chi connectivity index (χ4n) is 2.04. The summed E-state index contributed by atoms with van der Waals surface area (Å²) in [5, 5.41) is 9.09. The van der Waals surface area contributed by atoms with Crippen LogP contribution in [0.25, 0.3) is 0 Å². The zero-order valence-electron chi connectivity index (χ0n) is 15.4. The Morgan fingerprint density at radius 2 is 1.92 bits per heavy atom. The van der Waals surface area contributed by atoms with Crippen LogP contribution in [0.5, 0.6) is 6.01 Å². The SMILES string of the molecule is CCCNc1nc(C)cc(NCCNC(=O)COc2nccc(C)n2)n1. The first-order chi connectivity index (χ1) is 12.6. The van der Waals surface area contributed by atoms with Crippen LogP contribution in [0, 0.1) is 13.8 Å². The van der Waals surface area contributed by atoms with E-state index in [2.05, 4.69) is 42.8 Å². The maximum Gasteiger partial charge on any atom is 0.317 e. The fraction of sp³-hybridized carbons (Fsp3) is 0.471. The molecule has 2 aromatic rings. The Morgan fingerprint density at radius 3 is 2.69 bits per heavy atom. The monoisotopic (exact) mass is 359 g/mol. The molecule has 0 saturated carbocycles. The average Bonchev–Trinajstić information content (AvgIpc) is 2.61. The molecule has 3 N–H and O–H groups in total. The highest BCUT2D eigenvalue weighted by Crippen LogP contribution is 2.09. The summed E-state index contributed by atoms with van der Waals surface area (Å²) in [5.74, 6) is 1.08. The Kier molecular flexibility index (Phi) is 7.53. The molecule has 0 radical (unpaired) electrons. The summed E-state index contributed by atoms with van der Waals surface area (Å²) in [4.78, 5) is 28.5. The van der Waals surface area contributed by atoms with Crippen molar-refractivity contribution in [1.82, 2.24) is 25.3 Å². The molecule has 0 unspecified atom stereocenters. The van der Waals surface area contributed by atoms with Crippen LogP contribution < -0.4 is 20.7 Å². The number of amides is 1. The molecule has 0 saturated heterocycles. The van der Waals surface area contributed by atoms with Crippen molar-refractivity contribution in [2.45, 2.75) is 27.2 Å². The molecule has 9 heteroatoms. The highest BCUT2D eigenvalue weighted by Gasteiger charge is 2.05. The van der Waals surface area contributed by atoms with Gasteiger partial charge in [-0.05, 0) is 26.3 Å². The molecule has 0 aliphatic heterocycles. The van der Waals surface area contributed by atoms with E-state index in [1.807, 2.05) is 19.9 Å². The second-order valence-corrected chi connectivity index (χ2v) is 5.69.